The topological polar surface area (TPSA) is 104 Å². The third-order valence-electron chi connectivity index (χ3n) is 4.40. The average molecular weight is 553 g/mol. The number of nitrogen functional groups attached to an aromatic ring is 1. The molecule has 3 aromatic rings. The predicted octanol–water partition coefficient (Wildman–Crippen LogP) is 3.83. The van der Waals surface area contributed by atoms with Crippen molar-refractivity contribution in [1.29, 1.82) is 5.26 Å². The molecule has 10 heteroatoms. The van der Waals surface area contributed by atoms with Crippen molar-refractivity contribution in [1.82, 2.24) is 20.4 Å². The monoisotopic (exact) mass is 553 g/mol. The maximum absolute atomic E-state index is 13.2. The summed E-state index contributed by atoms with van der Waals surface area (Å²) in [7, 11) is 0. The number of aryl methyl sites for hydroxylation is 1. The summed E-state index contributed by atoms with van der Waals surface area (Å²) in [6.45, 7) is 4.08. The summed E-state index contributed by atoms with van der Waals surface area (Å²) in [4.78, 5) is 4.58. The Hall–Kier alpha value is -2.65. The highest BCUT2D eigenvalue weighted by Crippen LogP contribution is 2.21. The van der Waals surface area contributed by atoms with Crippen molar-refractivity contribution >= 4 is 47.1 Å². The van der Waals surface area contributed by atoms with Crippen molar-refractivity contribution in [3.05, 3.63) is 63.7 Å². The second-order valence-corrected chi connectivity index (χ2v) is 7.34. The minimum absolute atomic E-state index is 0. The summed E-state index contributed by atoms with van der Waals surface area (Å²) >= 11 is 1.66. The van der Waals surface area contributed by atoms with Crippen LogP contribution in [0.5, 0.6) is 0 Å². The summed E-state index contributed by atoms with van der Waals surface area (Å²) in [6.07, 6.45) is 1.33. The zero-order valence-electron chi connectivity index (χ0n) is 17.1. The van der Waals surface area contributed by atoms with Crippen LogP contribution < -0.4 is 16.4 Å². The normalized spacial score (nSPS) is 10.9. The van der Waals surface area contributed by atoms with E-state index >= 15 is 0 Å². The van der Waals surface area contributed by atoms with Crippen molar-refractivity contribution in [2.75, 3.05) is 18.8 Å². The number of nitrogens with zero attached hydrogens (tertiary/aromatic N) is 4. The molecule has 7 nitrogen and oxygen atoms in total. The number of nitriles is 1. The van der Waals surface area contributed by atoms with Crippen molar-refractivity contribution in [3.63, 3.8) is 0 Å². The van der Waals surface area contributed by atoms with Gasteiger partial charge in [-0.2, -0.15) is 21.7 Å². The van der Waals surface area contributed by atoms with Gasteiger partial charge in [0.2, 0.25) is 0 Å². The summed E-state index contributed by atoms with van der Waals surface area (Å²) < 4.78 is 14.7. The van der Waals surface area contributed by atoms with Gasteiger partial charge in [-0.25, -0.2) is 14.1 Å². The van der Waals surface area contributed by atoms with E-state index in [-0.39, 0.29) is 35.6 Å². The third kappa shape index (κ3) is 6.67. The van der Waals surface area contributed by atoms with Crippen LogP contribution in [0.15, 0.2) is 46.1 Å². The number of rotatable bonds is 8. The van der Waals surface area contributed by atoms with Gasteiger partial charge >= 0.3 is 0 Å². The first-order valence-corrected chi connectivity index (χ1v) is 10.6. The van der Waals surface area contributed by atoms with Crippen LogP contribution in [0.3, 0.4) is 0 Å². The summed E-state index contributed by atoms with van der Waals surface area (Å²) in [5, 5.41) is 24.6. The molecule has 0 spiro atoms. The number of benzene rings is 1. The van der Waals surface area contributed by atoms with Crippen LogP contribution in [0.1, 0.15) is 30.2 Å². The molecular weight excluding hydrogens is 528 g/mol. The highest BCUT2D eigenvalue weighted by atomic mass is 127. The summed E-state index contributed by atoms with van der Waals surface area (Å²) in [5.41, 5.74) is 8.88. The Morgan fingerprint density at radius 1 is 1.29 bits per heavy atom. The van der Waals surface area contributed by atoms with E-state index in [2.05, 4.69) is 38.2 Å². The second-order valence-electron chi connectivity index (χ2n) is 6.56. The van der Waals surface area contributed by atoms with E-state index in [4.69, 9.17) is 5.73 Å². The van der Waals surface area contributed by atoms with Gasteiger partial charge < -0.3 is 16.4 Å². The molecule has 3 rings (SSSR count). The number of guanidine groups is 1. The van der Waals surface area contributed by atoms with Crippen molar-refractivity contribution < 1.29 is 4.39 Å². The van der Waals surface area contributed by atoms with E-state index in [0.29, 0.717) is 36.5 Å². The van der Waals surface area contributed by atoms with Crippen LogP contribution in [-0.2, 0) is 13.0 Å². The quantitative estimate of drug-likeness (QED) is 0.170. The Morgan fingerprint density at radius 3 is 2.71 bits per heavy atom. The van der Waals surface area contributed by atoms with E-state index in [0.717, 1.165) is 18.9 Å². The molecule has 0 radical (unpaired) electrons. The lowest BCUT2D eigenvalue weighted by molar-refractivity contribution is 0.627. The Bertz CT molecular complexity index is 1020. The van der Waals surface area contributed by atoms with Gasteiger partial charge in [-0.15, -0.1) is 24.0 Å². The molecular formula is C21H25FIN7S. The third-order valence-corrected chi connectivity index (χ3v) is 5.14. The molecule has 0 aliphatic heterocycles. The minimum atomic E-state index is -0.339. The molecule has 0 saturated carbocycles. The fourth-order valence-corrected chi connectivity index (χ4v) is 3.57. The molecule has 0 bridgehead atoms. The van der Waals surface area contributed by atoms with Gasteiger partial charge in [-0.05, 0) is 66.4 Å². The number of thiophene rings is 1. The zero-order valence-corrected chi connectivity index (χ0v) is 20.3. The highest BCUT2D eigenvalue weighted by Gasteiger charge is 2.16. The fraction of sp³-hybridized carbons (Fsp3) is 0.286. The maximum atomic E-state index is 13.2. The minimum Gasteiger partial charge on any atom is -0.382 e. The standard InChI is InChI=1S/C21H24FN7S.HI/c1-2-25-21(27-13-15-9-11-30-14-15)26-10-3-4-19-18(12-23)20(24)29(28-19)17-7-5-16(22)6-8-17;/h5-9,11,14H,2-4,10,13,24H2,1H3,(H2,25,26,27);1H. The number of nitrogens with two attached hydrogens (primary N) is 1. The molecule has 0 aliphatic carbocycles. The average Bonchev–Trinajstić information content (AvgIpc) is 3.37. The smallest absolute Gasteiger partial charge is 0.191 e. The molecule has 0 saturated heterocycles. The molecule has 164 valence electrons. The number of aromatic nitrogens is 2. The van der Waals surface area contributed by atoms with Crippen LogP contribution in [-0.4, -0.2) is 28.8 Å². The number of hydrogen-bond acceptors (Lipinski definition) is 5. The van der Waals surface area contributed by atoms with Crippen LogP contribution in [0.25, 0.3) is 5.69 Å². The number of hydrogen-bond donors (Lipinski definition) is 3. The van der Waals surface area contributed by atoms with Crippen molar-refractivity contribution in [2.24, 2.45) is 4.99 Å². The highest BCUT2D eigenvalue weighted by molar-refractivity contribution is 14.0. The molecule has 0 atom stereocenters. The lowest BCUT2D eigenvalue weighted by atomic mass is 10.1. The first-order chi connectivity index (χ1) is 14.6. The molecule has 1 aromatic carbocycles. The molecule has 2 aromatic heterocycles. The molecule has 4 N–H and O–H groups in total. The van der Waals surface area contributed by atoms with E-state index in [1.54, 1.807) is 23.5 Å². The molecule has 0 amide bonds. The van der Waals surface area contributed by atoms with Crippen LogP contribution >= 0.6 is 35.3 Å². The van der Waals surface area contributed by atoms with Gasteiger partial charge in [0.25, 0.3) is 0 Å². The van der Waals surface area contributed by atoms with E-state index in [1.165, 1.54) is 22.4 Å². The van der Waals surface area contributed by atoms with Crippen molar-refractivity contribution in [3.8, 4) is 11.8 Å². The summed E-state index contributed by atoms with van der Waals surface area (Å²) in [5.74, 6) is 0.673. The van der Waals surface area contributed by atoms with Gasteiger partial charge in [0.1, 0.15) is 23.3 Å². The van der Waals surface area contributed by atoms with E-state index in [1.807, 2.05) is 12.3 Å². The Labute approximate surface area is 202 Å². The Balaban J connectivity index is 0.00000341. The lowest BCUT2D eigenvalue weighted by Crippen LogP contribution is -2.37. The maximum Gasteiger partial charge on any atom is 0.191 e. The Kier molecular flexibility index (Phi) is 9.74. The number of aliphatic imine (C=N–C) groups is 1. The van der Waals surface area contributed by atoms with Gasteiger partial charge in [-0.1, -0.05) is 0 Å². The van der Waals surface area contributed by atoms with Gasteiger partial charge in [0.05, 0.1) is 17.9 Å². The lowest BCUT2D eigenvalue weighted by Gasteiger charge is -2.10. The van der Waals surface area contributed by atoms with E-state index in [9.17, 15) is 9.65 Å². The summed E-state index contributed by atoms with van der Waals surface area (Å²) in [6, 6.07) is 10.0. The molecule has 0 unspecified atom stereocenters. The zero-order chi connectivity index (χ0) is 21.3. The molecule has 0 fully saturated rings. The fourth-order valence-electron chi connectivity index (χ4n) is 2.91. The second kappa shape index (κ2) is 12.3. The van der Waals surface area contributed by atoms with Crippen molar-refractivity contribution in [2.45, 2.75) is 26.3 Å². The van der Waals surface area contributed by atoms with Gasteiger partial charge in [-0.3, -0.25) is 0 Å². The number of halogens is 2. The van der Waals surface area contributed by atoms with Crippen LogP contribution in [0, 0.1) is 17.1 Å². The molecule has 2 heterocycles. The number of nitrogens with one attached hydrogen (secondary N) is 2. The molecule has 31 heavy (non-hydrogen) atoms. The first-order valence-electron chi connectivity index (χ1n) is 9.69. The van der Waals surface area contributed by atoms with Crippen LogP contribution in [0.2, 0.25) is 0 Å². The largest absolute Gasteiger partial charge is 0.382 e. The number of anilines is 1. The predicted molar refractivity (Wildman–Crippen MR) is 134 cm³/mol. The van der Waals surface area contributed by atoms with Gasteiger partial charge in [0, 0.05) is 13.1 Å². The SMILES string of the molecule is CCNC(=NCc1ccsc1)NCCCc1nn(-c2ccc(F)cc2)c(N)c1C#N.I. The van der Waals surface area contributed by atoms with E-state index < -0.39 is 0 Å². The first kappa shape index (κ1) is 24.6. The Morgan fingerprint density at radius 2 is 2.06 bits per heavy atom. The van der Waals surface area contributed by atoms with Crippen LogP contribution in [0.4, 0.5) is 10.2 Å². The molecule has 0 aliphatic rings. The van der Waals surface area contributed by atoms with Gasteiger partial charge in [0.15, 0.2) is 5.96 Å².